The number of carbonyl (C=O) groups excluding carboxylic acids is 1. The first-order valence-corrected chi connectivity index (χ1v) is 14.3. The van der Waals surface area contributed by atoms with E-state index in [9.17, 15) is 14.4 Å². The fourth-order valence-electron chi connectivity index (χ4n) is 4.09. The number of carboxylic acid groups (broad SMARTS) is 2. The van der Waals surface area contributed by atoms with Gasteiger partial charge in [-0.3, -0.25) is 19.3 Å². The first-order valence-electron chi connectivity index (χ1n) is 14.3. The number of hydrogen-bond donors (Lipinski definition) is 3. The molecule has 0 saturated heterocycles. The van der Waals surface area contributed by atoms with E-state index in [0.29, 0.717) is 39.2 Å². The van der Waals surface area contributed by atoms with Gasteiger partial charge < -0.3 is 20.3 Å². The summed E-state index contributed by atoms with van der Waals surface area (Å²) in [4.78, 5) is 35.4. The molecule has 0 aliphatic rings. The fourth-order valence-corrected chi connectivity index (χ4v) is 4.09. The molecule has 0 aromatic heterocycles. The molecule has 10 heteroatoms. The Balaban J connectivity index is -0.00000612. The molecule has 0 unspecified atom stereocenters. The van der Waals surface area contributed by atoms with Crippen molar-refractivity contribution < 1.29 is 29.3 Å². The maximum atomic E-state index is 12.1. The molecule has 0 saturated carbocycles. The van der Waals surface area contributed by atoms with E-state index in [0.717, 1.165) is 18.8 Å². The van der Waals surface area contributed by atoms with Gasteiger partial charge in [0.1, 0.15) is 0 Å². The van der Waals surface area contributed by atoms with E-state index in [1.807, 2.05) is 4.90 Å². The van der Waals surface area contributed by atoms with E-state index in [-0.39, 0.29) is 84.5 Å². The number of aliphatic carboxylic acids is 2. The van der Waals surface area contributed by atoms with Crippen molar-refractivity contribution in [1.29, 1.82) is 0 Å². The van der Waals surface area contributed by atoms with Crippen molar-refractivity contribution in [2.45, 2.75) is 117 Å². The van der Waals surface area contributed by atoms with Crippen molar-refractivity contribution >= 4 is 77.0 Å². The summed E-state index contributed by atoms with van der Waals surface area (Å²) in [7, 11) is 0. The van der Waals surface area contributed by atoms with Crippen LogP contribution in [0.4, 0.5) is 0 Å². The van der Waals surface area contributed by atoms with E-state index in [1.165, 1.54) is 70.6 Å². The Morgan fingerprint density at radius 1 is 0.658 bits per heavy atom. The summed E-state index contributed by atoms with van der Waals surface area (Å²) in [5, 5.41) is 20.5. The van der Waals surface area contributed by atoms with Crippen LogP contribution in [0.1, 0.15) is 117 Å². The summed E-state index contributed by atoms with van der Waals surface area (Å²) in [6.07, 6.45) is 17.2. The van der Waals surface area contributed by atoms with Crippen LogP contribution in [0.5, 0.6) is 0 Å². The van der Waals surface area contributed by atoms with E-state index in [1.54, 1.807) is 0 Å². The number of unbranched alkanes of at least 4 members (excludes halogenated alkanes) is 11. The second-order valence-corrected chi connectivity index (χ2v) is 10.3. The molecule has 0 aliphatic heterocycles. The van der Waals surface area contributed by atoms with Crippen molar-refractivity contribution in [3.05, 3.63) is 0 Å². The maximum Gasteiger partial charge on any atom is 0.305 e. The minimum absolute atomic E-state index is 0. The van der Waals surface area contributed by atoms with Crippen molar-refractivity contribution in [3.63, 3.8) is 0 Å². The predicted molar refractivity (Wildman–Crippen MR) is 156 cm³/mol. The molecule has 0 atom stereocenters. The van der Waals surface area contributed by atoms with Crippen LogP contribution in [0.2, 0.25) is 0 Å². The Morgan fingerprint density at radius 3 is 1.66 bits per heavy atom. The van der Waals surface area contributed by atoms with E-state index >= 15 is 0 Å². The molecule has 2 radical (unpaired) electrons. The molecule has 0 rings (SSSR count). The molecular weight excluding hydrogens is 506 g/mol. The third kappa shape index (κ3) is 34.4. The number of nitrogens with one attached hydrogen (secondary N) is 1. The standard InChI is InChI=1S/C28H54N2O6.2Na/c1-25(2)15-13-11-9-7-5-3-4-6-8-10-12-14-16-26(31)29-19-21-30(20-17-27(32)33)22-24-36-23-18-28(34)35;;/h25H,3-24H2,1-2H3,(H,29,31)(H,32,33)(H,34,35);;. The van der Waals surface area contributed by atoms with Crippen LogP contribution in [0, 0.1) is 5.92 Å². The summed E-state index contributed by atoms with van der Waals surface area (Å²) < 4.78 is 5.29. The van der Waals surface area contributed by atoms with Gasteiger partial charge in [0, 0.05) is 91.7 Å². The van der Waals surface area contributed by atoms with Gasteiger partial charge >= 0.3 is 11.9 Å². The van der Waals surface area contributed by atoms with Crippen LogP contribution in [-0.2, 0) is 19.1 Å². The van der Waals surface area contributed by atoms with Gasteiger partial charge in [0.25, 0.3) is 0 Å². The molecule has 1 amide bonds. The summed E-state index contributed by atoms with van der Waals surface area (Å²) in [6.45, 7) is 6.94. The van der Waals surface area contributed by atoms with Crippen LogP contribution < -0.4 is 5.32 Å². The van der Waals surface area contributed by atoms with Crippen LogP contribution in [0.25, 0.3) is 0 Å². The second kappa shape index (κ2) is 31.9. The minimum atomic E-state index is -0.908. The van der Waals surface area contributed by atoms with Gasteiger partial charge in [-0.25, -0.2) is 0 Å². The predicted octanol–water partition coefficient (Wildman–Crippen LogP) is 4.73. The second-order valence-electron chi connectivity index (χ2n) is 10.3. The molecule has 0 aliphatic carbocycles. The zero-order valence-electron chi connectivity index (χ0n) is 25.1. The Kier molecular flexibility index (Phi) is 35.9. The normalized spacial score (nSPS) is 10.7. The topological polar surface area (TPSA) is 116 Å². The Hall–Kier alpha value is 0.330. The van der Waals surface area contributed by atoms with Gasteiger partial charge in [-0.05, 0) is 12.3 Å². The summed E-state index contributed by atoms with van der Waals surface area (Å²) in [6, 6.07) is 0. The fraction of sp³-hybridized carbons (Fsp3) is 0.893. The number of nitrogens with zero attached hydrogens (tertiary/aromatic N) is 1. The number of carbonyl (C=O) groups is 3. The smallest absolute Gasteiger partial charge is 0.305 e. The maximum absolute atomic E-state index is 12.1. The molecule has 214 valence electrons. The van der Waals surface area contributed by atoms with E-state index in [2.05, 4.69) is 19.2 Å². The van der Waals surface area contributed by atoms with Crippen molar-refractivity contribution in [2.24, 2.45) is 5.92 Å². The van der Waals surface area contributed by atoms with Gasteiger partial charge in [0.2, 0.25) is 5.91 Å². The number of carboxylic acids is 2. The average molecular weight is 561 g/mol. The molecule has 8 nitrogen and oxygen atoms in total. The number of amides is 1. The molecule has 38 heavy (non-hydrogen) atoms. The zero-order valence-corrected chi connectivity index (χ0v) is 29.1. The minimum Gasteiger partial charge on any atom is -0.481 e. The van der Waals surface area contributed by atoms with Crippen molar-refractivity contribution in [3.8, 4) is 0 Å². The van der Waals surface area contributed by atoms with Crippen LogP contribution in [0.15, 0.2) is 0 Å². The third-order valence-corrected chi connectivity index (χ3v) is 6.34. The van der Waals surface area contributed by atoms with Gasteiger partial charge in [0.15, 0.2) is 0 Å². The Labute approximate surface area is 276 Å². The number of hydrogen-bond acceptors (Lipinski definition) is 5. The van der Waals surface area contributed by atoms with Gasteiger partial charge in [-0.15, -0.1) is 0 Å². The van der Waals surface area contributed by atoms with E-state index in [4.69, 9.17) is 14.9 Å². The molecule has 0 aromatic carbocycles. The van der Waals surface area contributed by atoms with Crippen molar-refractivity contribution in [2.75, 3.05) is 39.4 Å². The molecule has 0 spiro atoms. The van der Waals surface area contributed by atoms with Crippen LogP contribution in [0.3, 0.4) is 0 Å². The molecule has 0 bridgehead atoms. The summed E-state index contributed by atoms with van der Waals surface area (Å²) >= 11 is 0. The Bertz CT molecular complexity index is 567. The van der Waals surface area contributed by atoms with Gasteiger partial charge in [-0.2, -0.15) is 0 Å². The quantitative estimate of drug-likeness (QED) is 0.0983. The van der Waals surface area contributed by atoms with Crippen LogP contribution in [-0.4, -0.2) is 131 Å². The van der Waals surface area contributed by atoms with Gasteiger partial charge in [0.05, 0.1) is 26.1 Å². The first kappa shape index (κ1) is 42.8. The molecule has 0 aromatic rings. The molecular formula is C28H54N2Na2O6. The number of ether oxygens (including phenoxy) is 1. The Morgan fingerprint density at radius 2 is 1.16 bits per heavy atom. The molecule has 0 heterocycles. The first-order chi connectivity index (χ1) is 17.3. The van der Waals surface area contributed by atoms with Crippen molar-refractivity contribution in [1.82, 2.24) is 10.2 Å². The average Bonchev–Trinajstić information content (AvgIpc) is 2.81. The van der Waals surface area contributed by atoms with Gasteiger partial charge in [-0.1, -0.05) is 90.9 Å². The van der Waals surface area contributed by atoms with Crippen LogP contribution >= 0.6 is 0 Å². The number of rotatable bonds is 27. The monoisotopic (exact) mass is 560 g/mol. The SMILES string of the molecule is CC(C)CCCCCCCCCCCCCCC(=O)NCCN(CCOCCC(=O)O)CCC(=O)O.[Na].[Na]. The summed E-state index contributed by atoms with van der Waals surface area (Å²) in [5.74, 6) is -0.903. The van der Waals surface area contributed by atoms with E-state index < -0.39 is 11.9 Å². The zero-order chi connectivity index (χ0) is 26.9. The molecule has 0 fully saturated rings. The summed E-state index contributed by atoms with van der Waals surface area (Å²) in [5.41, 5.74) is 0. The molecule has 3 N–H and O–H groups in total. The third-order valence-electron chi connectivity index (χ3n) is 6.34. The largest absolute Gasteiger partial charge is 0.481 e.